The number of ether oxygens (including phenoxy) is 2. The van der Waals surface area contributed by atoms with Crippen LogP contribution in [0.4, 0.5) is 4.79 Å². The summed E-state index contributed by atoms with van der Waals surface area (Å²) < 4.78 is 10.3. The fourth-order valence-corrected chi connectivity index (χ4v) is 1.67. The summed E-state index contributed by atoms with van der Waals surface area (Å²) in [6.45, 7) is 5.95. The van der Waals surface area contributed by atoms with E-state index in [0.717, 1.165) is 24.1 Å². The summed E-state index contributed by atoms with van der Waals surface area (Å²) >= 11 is 0. The Morgan fingerprint density at radius 3 is 2.90 bits per heavy atom. The van der Waals surface area contributed by atoms with E-state index in [2.05, 4.69) is 11.6 Å². The molecule has 1 aliphatic heterocycles. The Labute approximate surface area is 120 Å². The molecular weight excluding hydrogens is 256 g/mol. The van der Waals surface area contributed by atoms with E-state index in [0.29, 0.717) is 6.61 Å². The number of carbonyl (C=O) groups excluding carboxylic acids is 1. The van der Waals surface area contributed by atoms with Crippen molar-refractivity contribution >= 4 is 11.8 Å². The molecule has 110 valence electrons. The van der Waals surface area contributed by atoms with Gasteiger partial charge in [0.25, 0.3) is 0 Å². The smallest absolute Gasteiger partial charge is 0.414 e. The second-order valence-electron chi connectivity index (χ2n) is 4.50. The molecule has 0 spiro atoms. The fourth-order valence-electron chi connectivity index (χ4n) is 1.67. The Morgan fingerprint density at radius 2 is 2.35 bits per heavy atom. The quantitative estimate of drug-likeness (QED) is 0.750. The largest absolute Gasteiger partial charge is 0.442 e. The summed E-state index contributed by atoms with van der Waals surface area (Å²) in [6.07, 6.45) is 8.07. The van der Waals surface area contributed by atoms with Crippen LogP contribution in [0.25, 0.3) is 0 Å². The molecule has 1 aliphatic rings. The standard InChI is InChI=1S/C15H22N2O3/c1-5-17(3)15(18)20-12(2)13-8-9-14(16-11-13)7-6-10-19-4/h5-7,11-12H,1,8-10H2,2-4H3/b7-6+. The molecule has 20 heavy (non-hydrogen) atoms. The summed E-state index contributed by atoms with van der Waals surface area (Å²) in [5, 5.41) is 0. The summed E-state index contributed by atoms with van der Waals surface area (Å²) in [7, 11) is 3.26. The van der Waals surface area contributed by atoms with Gasteiger partial charge in [0.2, 0.25) is 0 Å². The highest BCUT2D eigenvalue weighted by Crippen LogP contribution is 2.19. The van der Waals surface area contributed by atoms with Gasteiger partial charge in [-0.1, -0.05) is 12.7 Å². The first kappa shape index (κ1) is 16.2. The average molecular weight is 278 g/mol. The number of hydrogen-bond acceptors (Lipinski definition) is 4. The van der Waals surface area contributed by atoms with Crippen molar-refractivity contribution in [2.24, 2.45) is 4.99 Å². The van der Waals surface area contributed by atoms with E-state index >= 15 is 0 Å². The van der Waals surface area contributed by atoms with Gasteiger partial charge in [0.05, 0.1) is 6.61 Å². The molecule has 0 aliphatic carbocycles. The molecule has 0 saturated carbocycles. The Balaban J connectivity index is 2.56. The highest BCUT2D eigenvalue weighted by Gasteiger charge is 2.18. The Bertz CT molecular complexity index is 438. The predicted octanol–water partition coefficient (Wildman–Crippen LogP) is 2.91. The van der Waals surface area contributed by atoms with Crippen LogP contribution in [0.2, 0.25) is 0 Å². The molecule has 0 fully saturated rings. The van der Waals surface area contributed by atoms with Crippen LogP contribution in [0, 0.1) is 0 Å². The molecule has 0 N–H and O–H groups in total. The maximum Gasteiger partial charge on any atom is 0.414 e. The molecule has 0 aromatic carbocycles. The molecule has 0 radical (unpaired) electrons. The van der Waals surface area contributed by atoms with E-state index in [4.69, 9.17) is 9.47 Å². The van der Waals surface area contributed by atoms with Crippen LogP contribution in [-0.4, -0.2) is 43.6 Å². The fraction of sp³-hybridized carbons (Fsp3) is 0.467. The van der Waals surface area contributed by atoms with Crippen molar-refractivity contribution in [3.8, 4) is 0 Å². The van der Waals surface area contributed by atoms with Gasteiger partial charge < -0.3 is 9.47 Å². The lowest BCUT2D eigenvalue weighted by Gasteiger charge is -2.21. The van der Waals surface area contributed by atoms with E-state index in [1.165, 1.54) is 11.1 Å². The van der Waals surface area contributed by atoms with Gasteiger partial charge in [0, 0.05) is 32.3 Å². The molecule has 1 rings (SSSR count). The topological polar surface area (TPSA) is 51.1 Å². The van der Waals surface area contributed by atoms with E-state index in [1.54, 1.807) is 20.4 Å². The van der Waals surface area contributed by atoms with Crippen molar-refractivity contribution in [1.82, 2.24) is 4.90 Å². The SMILES string of the molecule is C=CN(C)C(=O)OC(C)C1=CN=C(/C=C/COC)CC1. The number of carbonyl (C=O) groups is 1. The van der Waals surface area contributed by atoms with Gasteiger partial charge in [-0.05, 0) is 31.4 Å². The first-order valence-electron chi connectivity index (χ1n) is 6.55. The van der Waals surface area contributed by atoms with Crippen LogP contribution in [0.1, 0.15) is 19.8 Å². The van der Waals surface area contributed by atoms with E-state index in [1.807, 2.05) is 19.1 Å². The minimum atomic E-state index is -0.414. The second kappa shape index (κ2) is 8.32. The zero-order chi connectivity index (χ0) is 15.0. The third-order valence-corrected chi connectivity index (χ3v) is 3.00. The number of hydrogen-bond donors (Lipinski definition) is 0. The highest BCUT2D eigenvalue weighted by atomic mass is 16.6. The number of allylic oxidation sites excluding steroid dienone is 1. The van der Waals surface area contributed by atoms with Crippen LogP contribution < -0.4 is 0 Å². The molecule has 0 bridgehead atoms. The van der Waals surface area contributed by atoms with Gasteiger partial charge in [-0.2, -0.15) is 0 Å². The molecule has 1 amide bonds. The number of aliphatic imine (C=N–C) groups is 1. The summed E-state index contributed by atoms with van der Waals surface area (Å²) in [5.74, 6) is 0. The van der Waals surface area contributed by atoms with Crippen LogP contribution in [0.5, 0.6) is 0 Å². The Hall–Kier alpha value is -1.88. The molecule has 0 saturated heterocycles. The maximum absolute atomic E-state index is 11.6. The van der Waals surface area contributed by atoms with Gasteiger partial charge in [-0.3, -0.25) is 9.89 Å². The van der Waals surface area contributed by atoms with Gasteiger partial charge in [-0.25, -0.2) is 4.79 Å². The predicted molar refractivity (Wildman–Crippen MR) is 79.7 cm³/mol. The van der Waals surface area contributed by atoms with Crippen LogP contribution in [-0.2, 0) is 9.47 Å². The molecule has 5 heteroatoms. The lowest BCUT2D eigenvalue weighted by atomic mass is 10.0. The minimum absolute atomic E-state index is 0.279. The third kappa shape index (κ3) is 5.01. The Kier molecular flexibility index (Phi) is 6.73. The Morgan fingerprint density at radius 1 is 1.60 bits per heavy atom. The van der Waals surface area contributed by atoms with Gasteiger partial charge >= 0.3 is 6.09 Å². The summed E-state index contributed by atoms with van der Waals surface area (Å²) in [4.78, 5) is 17.3. The van der Waals surface area contributed by atoms with Crippen LogP contribution in [0.15, 0.2) is 41.7 Å². The first-order chi connectivity index (χ1) is 9.58. The maximum atomic E-state index is 11.6. The summed E-state index contributed by atoms with van der Waals surface area (Å²) in [6, 6.07) is 0. The van der Waals surface area contributed by atoms with Crippen molar-refractivity contribution in [1.29, 1.82) is 0 Å². The summed E-state index contributed by atoms with van der Waals surface area (Å²) in [5.41, 5.74) is 2.02. The van der Waals surface area contributed by atoms with Crippen molar-refractivity contribution in [2.75, 3.05) is 20.8 Å². The third-order valence-electron chi connectivity index (χ3n) is 3.00. The van der Waals surface area contributed by atoms with E-state index < -0.39 is 6.09 Å². The highest BCUT2D eigenvalue weighted by molar-refractivity contribution is 5.96. The zero-order valence-electron chi connectivity index (χ0n) is 12.3. The van der Waals surface area contributed by atoms with Crippen molar-refractivity contribution < 1.29 is 14.3 Å². The molecule has 1 heterocycles. The number of nitrogens with zero attached hydrogens (tertiary/aromatic N) is 2. The normalized spacial score (nSPS) is 16.4. The zero-order valence-corrected chi connectivity index (χ0v) is 12.3. The molecule has 0 aromatic heterocycles. The van der Waals surface area contributed by atoms with Crippen LogP contribution in [0.3, 0.4) is 0 Å². The van der Waals surface area contributed by atoms with E-state index in [9.17, 15) is 4.79 Å². The molecule has 1 unspecified atom stereocenters. The van der Waals surface area contributed by atoms with Crippen molar-refractivity contribution in [3.63, 3.8) is 0 Å². The molecule has 5 nitrogen and oxygen atoms in total. The lowest BCUT2D eigenvalue weighted by molar-refractivity contribution is 0.0996. The van der Waals surface area contributed by atoms with Gasteiger partial charge in [0.1, 0.15) is 6.10 Å². The first-order valence-corrected chi connectivity index (χ1v) is 6.55. The van der Waals surface area contributed by atoms with Gasteiger partial charge in [-0.15, -0.1) is 0 Å². The number of methoxy groups -OCH3 is 1. The van der Waals surface area contributed by atoms with Crippen molar-refractivity contribution in [2.45, 2.75) is 25.9 Å². The van der Waals surface area contributed by atoms with Crippen LogP contribution >= 0.6 is 0 Å². The average Bonchev–Trinajstić information content (AvgIpc) is 2.47. The molecular formula is C15H22N2O3. The van der Waals surface area contributed by atoms with E-state index in [-0.39, 0.29) is 6.10 Å². The molecule has 1 atom stereocenters. The van der Waals surface area contributed by atoms with Crippen molar-refractivity contribution in [3.05, 3.63) is 36.7 Å². The minimum Gasteiger partial charge on any atom is -0.442 e. The number of amides is 1. The number of rotatable bonds is 6. The lowest BCUT2D eigenvalue weighted by Crippen LogP contribution is -2.27. The van der Waals surface area contributed by atoms with Gasteiger partial charge in [0.15, 0.2) is 0 Å². The molecule has 0 aromatic rings. The second-order valence-corrected chi connectivity index (χ2v) is 4.50. The monoisotopic (exact) mass is 278 g/mol.